The maximum Gasteiger partial charge on any atom is 0.165 e. The largest absolute Gasteiger partial charge is 0.493 e. The third-order valence-electron chi connectivity index (χ3n) is 3.58. The molecule has 4 nitrogen and oxygen atoms in total. The summed E-state index contributed by atoms with van der Waals surface area (Å²) >= 11 is 0. The molecule has 1 fully saturated rings. The summed E-state index contributed by atoms with van der Waals surface area (Å²) in [6, 6.07) is 5.99. The molecule has 2 rings (SSSR count). The first-order valence-corrected chi connectivity index (χ1v) is 7.39. The van der Waals surface area contributed by atoms with E-state index in [-0.39, 0.29) is 6.10 Å². The molecule has 1 N–H and O–H groups in total. The Morgan fingerprint density at radius 1 is 1.35 bits per heavy atom. The van der Waals surface area contributed by atoms with E-state index < -0.39 is 0 Å². The molecule has 1 saturated heterocycles. The van der Waals surface area contributed by atoms with Gasteiger partial charge in [-0.3, -0.25) is 0 Å². The second-order valence-electron chi connectivity index (χ2n) is 5.19. The lowest BCUT2D eigenvalue weighted by Crippen LogP contribution is -2.19. The molecule has 0 aromatic heterocycles. The van der Waals surface area contributed by atoms with Gasteiger partial charge in [0.1, 0.15) is 6.61 Å². The molecule has 1 heterocycles. The first kappa shape index (κ1) is 15.1. The average Bonchev–Trinajstić information content (AvgIpc) is 2.88. The zero-order valence-corrected chi connectivity index (χ0v) is 12.6. The Labute approximate surface area is 121 Å². The fourth-order valence-electron chi connectivity index (χ4n) is 2.47. The topological polar surface area (TPSA) is 39.7 Å². The van der Waals surface area contributed by atoms with Crippen molar-refractivity contribution in [3.05, 3.63) is 23.8 Å². The Balaban J connectivity index is 2.03. The van der Waals surface area contributed by atoms with Crippen molar-refractivity contribution in [1.29, 1.82) is 0 Å². The highest BCUT2D eigenvalue weighted by atomic mass is 16.6. The normalized spacial score (nSPS) is 21.9. The van der Waals surface area contributed by atoms with Crippen LogP contribution in [0.15, 0.2) is 18.2 Å². The molecule has 0 amide bonds. The Bertz CT molecular complexity index is 422. The molecule has 0 radical (unpaired) electrons. The second kappa shape index (κ2) is 7.50. The van der Waals surface area contributed by atoms with Crippen LogP contribution in [0, 0.1) is 0 Å². The van der Waals surface area contributed by atoms with Crippen molar-refractivity contribution in [3.63, 3.8) is 0 Å². The van der Waals surface area contributed by atoms with Gasteiger partial charge in [0.05, 0.1) is 19.3 Å². The molecule has 1 aliphatic rings. The second-order valence-corrected chi connectivity index (χ2v) is 5.19. The van der Waals surface area contributed by atoms with Gasteiger partial charge in [0.25, 0.3) is 0 Å². The van der Waals surface area contributed by atoms with Crippen LogP contribution in [0.4, 0.5) is 0 Å². The van der Waals surface area contributed by atoms with Gasteiger partial charge in [-0.2, -0.15) is 0 Å². The molecule has 1 aromatic carbocycles. The molecule has 1 aliphatic heterocycles. The number of hydrogen-bond donors (Lipinski definition) is 1. The Morgan fingerprint density at radius 3 is 2.85 bits per heavy atom. The van der Waals surface area contributed by atoms with Gasteiger partial charge in [-0.15, -0.1) is 0 Å². The third kappa shape index (κ3) is 3.87. The summed E-state index contributed by atoms with van der Waals surface area (Å²) in [5, 5.41) is 3.32. The van der Waals surface area contributed by atoms with Gasteiger partial charge in [-0.05, 0) is 32.4 Å². The van der Waals surface area contributed by atoms with Crippen molar-refractivity contribution in [2.75, 3.05) is 20.3 Å². The number of ether oxygens (including phenoxy) is 3. The number of nitrogens with one attached hydrogen (secondary N) is 1. The van der Waals surface area contributed by atoms with Crippen LogP contribution in [0.1, 0.15) is 32.3 Å². The van der Waals surface area contributed by atoms with Crippen molar-refractivity contribution in [1.82, 2.24) is 5.32 Å². The van der Waals surface area contributed by atoms with Crippen LogP contribution in [0.2, 0.25) is 0 Å². The third-order valence-corrected chi connectivity index (χ3v) is 3.58. The number of hydrogen-bond acceptors (Lipinski definition) is 4. The van der Waals surface area contributed by atoms with Gasteiger partial charge in [0.15, 0.2) is 11.5 Å². The number of benzene rings is 1. The maximum atomic E-state index is 6.00. The fourth-order valence-corrected chi connectivity index (χ4v) is 2.47. The molecule has 4 heteroatoms. The maximum absolute atomic E-state index is 6.00. The minimum atomic E-state index is 0.196. The fraction of sp³-hybridized carbons (Fsp3) is 0.625. The van der Waals surface area contributed by atoms with E-state index in [4.69, 9.17) is 14.2 Å². The summed E-state index contributed by atoms with van der Waals surface area (Å²) in [5.41, 5.74) is 1.12. The molecule has 2 atom stereocenters. The lowest BCUT2D eigenvalue weighted by molar-refractivity contribution is 0.0257. The Morgan fingerprint density at radius 2 is 2.20 bits per heavy atom. The van der Waals surface area contributed by atoms with Crippen molar-refractivity contribution < 1.29 is 14.2 Å². The SMILES string of the molecule is CCNCc1cccc(OC)c1OCC1CCC(C)O1. The van der Waals surface area contributed by atoms with Gasteiger partial charge in [0, 0.05) is 12.1 Å². The van der Waals surface area contributed by atoms with Gasteiger partial charge in [-0.1, -0.05) is 19.1 Å². The quantitative estimate of drug-likeness (QED) is 0.833. The molecular weight excluding hydrogens is 254 g/mol. The zero-order valence-electron chi connectivity index (χ0n) is 12.6. The molecule has 0 aliphatic carbocycles. The predicted octanol–water partition coefficient (Wildman–Crippen LogP) is 2.75. The first-order chi connectivity index (χ1) is 9.74. The zero-order chi connectivity index (χ0) is 14.4. The van der Waals surface area contributed by atoms with E-state index in [0.717, 1.165) is 43.0 Å². The summed E-state index contributed by atoms with van der Waals surface area (Å²) in [6.45, 7) is 6.50. The molecule has 0 saturated carbocycles. The van der Waals surface area contributed by atoms with Crippen molar-refractivity contribution in [2.45, 2.75) is 45.4 Å². The van der Waals surface area contributed by atoms with Crippen molar-refractivity contribution in [3.8, 4) is 11.5 Å². The summed E-state index contributed by atoms with van der Waals surface area (Å²) in [7, 11) is 1.67. The van der Waals surface area contributed by atoms with Crippen LogP contribution < -0.4 is 14.8 Å². The molecule has 1 aromatic rings. The van der Waals surface area contributed by atoms with E-state index in [2.05, 4.69) is 25.2 Å². The predicted molar refractivity (Wildman–Crippen MR) is 79.4 cm³/mol. The van der Waals surface area contributed by atoms with Gasteiger partial charge < -0.3 is 19.5 Å². The minimum absolute atomic E-state index is 0.196. The van der Waals surface area contributed by atoms with Crippen LogP contribution in [0.25, 0.3) is 0 Å². The number of methoxy groups -OCH3 is 1. The van der Waals surface area contributed by atoms with E-state index in [1.165, 1.54) is 0 Å². The number of para-hydroxylation sites is 1. The van der Waals surface area contributed by atoms with Crippen LogP contribution in [-0.2, 0) is 11.3 Å². The Hall–Kier alpha value is -1.26. The highest BCUT2D eigenvalue weighted by Crippen LogP contribution is 2.32. The summed E-state index contributed by atoms with van der Waals surface area (Å²) in [6.07, 6.45) is 2.73. The van der Waals surface area contributed by atoms with E-state index in [9.17, 15) is 0 Å². The molecular formula is C16H25NO3. The van der Waals surface area contributed by atoms with Crippen LogP contribution in [0.3, 0.4) is 0 Å². The summed E-state index contributed by atoms with van der Waals surface area (Å²) in [4.78, 5) is 0. The number of rotatable bonds is 7. The van der Waals surface area contributed by atoms with Crippen LogP contribution >= 0.6 is 0 Å². The Kier molecular flexibility index (Phi) is 5.68. The van der Waals surface area contributed by atoms with E-state index in [1.54, 1.807) is 7.11 Å². The molecule has 112 valence electrons. The first-order valence-electron chi connectivity index (χ1n) is 7.39. The van der Waals surface area contributed by atoms with Gasteiger partial charge >= 0.3 is 0 Å². The summed E-state index contributed by atoms with van der Waals surface area (Å²) < 4.78 is 17.2. The van der Waals surface area contributed by atoms with Gasteiger partial charge in [-0.25, -0.2) is 0 Å². The van der Waals surface area contributed by atoms with E-state index >= 15 is 0 Å². The molecule has 0 spiro atoms. The van der Waals surface area contributed by atoms with Crippen molar-refractivity contribution >= 4 is 0 Å². The average molecular weight is 279 g/mol. The highest BCUT2D eigenvalue weighted by molar-refractivity contribution is 5.46. The van der Waals surface area contributed by atoms with E-state index in [1.807, 2.05) is 12.1 Å². The molecule has 0 bridgehead atoms. The molecule has 2 unspecified atom stereocenters. The molecule has 20 heavy (non-hydrogen) atoms. The van der Waals surface area contributed by atoms with Crippen molar-refractivity contribution in [2.24, 2.45) is 0 Å². The monoisotopic (exact) mass is 279 g/mol. The summed E-state index contributed by atoms with van der Waals surface area (Å²) in [5.74, 6) is 1.62. The lowest BCUT2D eigenvalue weighted by Gasteiger charge is -2.18. The minimum Gasteiger partial charge on any atom is -0.493 e. The standard InChI is InChI=1S/C16H25NO3/c1-4-17-10-13-6-5-7-15(18-3)16(13)19-11-14-9-8-12(2)20-14/h5-7,12,14,17H,4,8-11H2,1-3H3. The highest BCUT2D eigenvalue weighted by Gasteiger charge is 2.23. The lowest BCUT2D eigenvalue weighted by atomic mass is 10.1. The smallest absolute Gasteiger partial charge is 0.165 e. The van der Waals surface area contributed by atoms with E-state index in [0.29, 0.717) is 12.7 Å². The van der Waals surface area contributed by atoms with Crippen LogP contribution in [-0.4, -0.2) is 32.5 Å². The van der Waals surface area contributed by atoms with Crippen LogP contribution in [0.5, 0.6) is 11.5 Å². The van der Waals surface area contributed by atoms with Gasteiger partial charge in [0.2, 0.25) is 0 Å².